The lowest BCUT2D eigenvalue weighted by Gasteiger charge is -2.28. The van der Waals surface area contributed by atoms with E-state index in [0.29, 0.717) is 11.5 Å². The molecular weight excluding hydrogens is 344 g/mol. The Labute approximate surface area is 170 Å². The fourth-order valence-corrected chi connectivity index (χ4v) is 3.62. The van der Waals surface area contributed by atoms with Gasteiger partial charge in [0.1, 0.15) is 11.5 Å². The second-order valence-electron chi connectivity index (χ2n) is 10.6. The molecule has 2 heteroatoms. The first-order chi connectivity index (χ1) is 13.0. The Bertz CT molecular complexity index is 776. The second-order valence-corrected chi connectivity index (χ2v) is 10.6. The molecule has 0 spiro atoms. The van der Waals surface area contributed by atoms with Gasteiger partial charge in [-0.05, 0) is 82.7 Å². The third-order valence-corrected chi connectivity index (χ3v) is 5.74. The van der Waals surface area contributed by atoms with Crippen LogP contribution in [0.1, 0.15) is 101 Å². The molecule has 0 saturated heterocycles. The first-order valence-electron chi connectivity index (χ1n) is 10.6. The van der Waals surface area contributed by atoms with Crippen molar-refractivity contribution in [3.8, 4) is 11.5 Å². The molecule has 4 rings (SSSR count). The molecule has 0 heterocycles. The monoisotopic (exact) mass is 380 g/mol. The Balaban J connectivity index is 0.000000188. The third kappa shape index (κ3) is 5.10. The number of phenolic OH excluding ortho intramolecular Hbond substituents is 2. The van der Waals surface area contributed by atoms with Gasteiger partial charge in [0.05, 0.1) is 0 Å². The highest BCUT2D eigenvalue weighted by Gasteiger charge is 2.31. The zero-order valence-corrected chi connectivity index (χ0v) is 18.3. The van der Waals surface area contributed by atoms with Crippen LogP contribution >= 0.6 is 0 Å². The first-order valence-corrected chi connectivity index (χ1v) is 10.6. The minimum Gasteiger partial charge on any atom is -0.508 e. The van der Waals surface area contributed by atoms with Crippen molar-refractivity contribution in [2.24, 2.45) is 0 Å². The molecule has 0 unspecified atom stereocenters. The molecule has 0 aliphatic heterocycles. The summed E-state index contributed by atoms with van der Waals surface area (Å²) in [5, 5.41) is 19.5. The lowest BCUT2D eigenvalue weighted by Crippen LogP contribution is -2.17. The van der Waals surface area contributed by atoms with E-state index in [1.807, 2.05) is 12.1 Å². The fourth-order valence-electron chi connectivity index (χ4n) is 3.62. The van der Waals surface area contributed by atoms with Gasteiger partial charge >= 0.3 is 0 Å². The largest absolute Gasteiger partial charge is 0.508 e. The standard InChI is InChI=1S/C17H26O.C9H10O/c1-16(2,3)13-9-12(11-7-8-11)10-14(15(13)18)17(4,5)6;10-9-5-3-8(4-6-9)7-1-2-7/h9-11,18H,7-8H2,1-6H3;3-7,10H,1-2H2. The van der Waals surface area contributed by atoms with E-state index < -0.39 is 0 Å². The van der Waals surface area contributed by atoms with Gasteiger partial charge in [-0.2, -0.15) is 0 Å². The third-order valence-electron chi connectivity index (χ3n) is 5.74. The highest BCUT2D eigenvalue weighted by molar-refractivity contribution is 5.51. The number of aromatic hydroxyl groups is 2. The van der Waals surface area contributed by atoms with E-state index in [9.17, 15) is 5.11 Å². The summed E-state index contributed by atoms with van der Waals surface area (Å²) < 4.78 is 0. The Kier molecular flexibility index (Phi) is 5.53. The Morgan fingerprint density at radius 1 is 0.643 bits per heavy atom. The maximum Gasteiger partial charge on any atom is 0.123 e. The molecule has 2 aromatic carbocycles. The van der Waals surface area contributed by atoms with Crippen molar-refractivity contribution in [3.05, 3.63) is 58.7 Å². The van der Waals surface area contributed by atoms with Crippen LogP contribution in [0.4, 0.5) is 0 Å². The molecule has 2 aliphatic carbocycles. The minimum absolute atomic E-state index is 0.00498. The van der Waals surface area contributed by atoms with Crippen LogP contribution in [0.2, 0.25) is 0 Å². The van der Waals surface area contributed by atoms with Crippen LogP contribution < -0.4 is 0 Å². The number of hydrogen-bond acceptors (Lipinski definition) is 2. The maximum atomic E-state index is 10.6. The normalized spacial score (nSPS) is 17.1. The second kappa shape index (κ2) is 7.46. The minimum atomic E-state index is -0.00498. The maximum absolute atomic E-state index is 10.6. The highest BCUT2D eigenvalue weighted by Crippen LogP contribution is 2.46. The quantitative estimate of drug-likeness (QED) is 0.581. The molecule has 2 fully saturated rings. The molecule has 0 radical (unpaired) electrons. The van der Waals surface area contributed by atoms with E-state index in [4.69, 9.17) is 5.11 Å². The molecule has 2 aliphatic rings. The number of hydrogen-bond donors (Lipinski definition) is 2. The van der Waals surface area contributed by atoms with Crippen LogP contribution in [0.25, 0.3) is 0 Å². The van der Waals surface area contributed by atoms with E-state index >= 15 is 0 Å². The average molecular weight is 381 g/mol. The van der Waals surface area contributed by atoms with Crippen molar-refractivity contribution >= 4 is 0 Å². The molecular formula is C26H36O2. The number of phenols is 2. The van der Waals surface area contributed by atoms with Gasteiger partial charge in [0.25, 0.3) is 0 Å². The van der Waals surface area contributed by atoms with Gasteiger partial charge in [-0.3, -0.25) is 0 Å². The van der Waals surface area contributed by atoms with Crippen molar-refractivity contribution in [2.75, 3.05) is 0 Å². The smallest absolute Gasteiger partial charge is 0.123 e. The van der Waals surface area contributed by atoms with Gasteiger partial charge in [0.2, 0.25) is 0 Å². The van der Waals surface area contributed by atoms with Gasteiger partial charge in [-0.1, -0.05) is 65.8 Å². The van der Waals surface area contributed by atoms with Crippen LogP contribution in [0.15, 0.2) is 36.4 Å². The Hall–Kier alpha value is -1.96. The van der Waals surface area contributed by atoms with Crippen LogP contribution in [0, 0.1) is 0 Å². The van der Waals surface area contributed by atoms with Crippen molar-refractivity contribution in [1.29, 1.82) is 0 Å². The lowest BCUT2D eigenvalue weighted by atomic mass is 9.78. The van der Waals surface area contributed by atoms with E-state index in [2.05, 4.69) is 53.7 Å². The summed E-state index contributed by atoms with van der Waals surface area (Å²) in [6.45, 7) is 13.0. The summed E-state index contributed by atoms with van der Waals surface area (Å²) in [5.41, 5.74) is 4.97. The molecule has 2 saturated carbocycles. The van der Waals surface area contributed by atoms with Gasteiger partial charge in [0.15, 0.2) is 0 Å². The Morgan fingerprint density at radius 2 is 1.04 bits per heavy atom. The molecule has 28 heavy (non-hydrogen) atoms. The zero-order valence-electron chi connectivity index (χ0n) is 18.3. The summed E-state index contributed by atoms with van der Waals surface area (Å²) >= 11 is 0. The molecule has 2 N–H and O–H groups in total. The summed E-state index contributed by atoms with van der Waals surface area (Å²) in [6, 6.07) is 12.0. The highest BCUT2D eigenvalue weighted by atomic mass is 16.3. The molecule has 0 amide bonds. The van der Waals surface area contributed by atoms with Crippen molar-refractivity contribution in [1.82, 2.24) is 0 Å². The van der Waals surface area contributed by atoms with E-state index in [1.165, 1.54) is 36.8 Å². The molecule has 152 valence electrons. The summed E-state index contributed by atoms with van der Waals surface area (Å²) in [6.07, 6.45) is 5.26. The summed E-state index contributed by atoms with van der Waals surface area (Å²) in [7, 11) is 0. The average Bonchev–Trinajstić information content (AvgIpc) is 3.46. The van der Waals surface area contributed by atoms with Gasteiger partial charge < -0.3 is 10.2 Å². The zero-order chi connectivity index (χ0) is 20.7. The number of benzene rings is 2. The van der Waals surface area contributed by atoms with Crippen LogP contribution in [0.3, 0.4) is 0 Å². The van der Waals surface area contributed by atoms with E-state index in [1.54, 1.807) is 12.1 Å². The molecule has 2 nitrogen and oxygen atoms in total. The molecule has 2 aromatic rings. The van der Waals surface area contributed by atoms with Crippen molar-refractivity contribution in [3.63, 3.8) is 0 Å². The predicted octanol–water partition coefficient (Wildman–Crippen LogP) is 7.13. The van der Waals surface area contributed by atoms with Crippen LogP contribution in [-0.2, 0) is 10.8 Å². The SMILES string of the molecule is CC(C)(C)c1cc(C2CC2)cc(C(C)(C)C)c1O.Oc1ccc(C2CC2)cc1. The molecule has 0 aromatic heterocycles. The van der Waals surface area contributed by atoms with E-state index in [0.717, 1.165) is 23.0 Å². The van der Waals surface area contributed by atoms with Crippen LogP contribution in [-0.4, -0.2) is 10.2 Å². The van der Waals surface area contributed by atoms with E-state index in [-0.39, 0.29) is 10.8 Å². The van der Waals surface area contributed by atoms with Crippen LogP contribution in [0.5, 0.6) is 11.5 Å². The van der Waals surface area contributed by atoms with Gasteiger partial charge in [-0.25, -0.2) is 0 Å². The van der Waals surface area contributed by atoms with Gasteiger partial charge in [-0.15, -0.1) is 0 Å². The number of rotatable bonds is 2. The molecule has 0 atom stereocenters. The predicted molar refractivity (Wildman–Crippen MR) is 118 cm³/mol. The van der Waals surface area contributed by atoms with Gasteiger partial charge in [0, 0.05) is 0 Å². The first kappa shape index (κ1) is 20.8. The van der Waals surface area contributed by atoms with Crippen molar-refractivity contribution in [2.45, 2.75) is 89.9 Å². The topological polar surface area (TPSA) is 40.5 Å². The Morgan fingerprint density at radius 3 is 1.39 bits per heavy atom. The molecule has 0 bridgehead atoms. The lowest BCUT2D eigenvalue weighted by molar-refractivity contribution is 0.422. The summed E-state index contributed by atoms with van der Waals surface area (Å²) in [5.74, 6) is 2.39. The van der Waals surface area contributed by atoms with Crippen molar-refractivity contribution < 1.29 is 10.2 Å². The fraction of sp³-hybridized carbons (Fsp3) is 0.538. The summed E-state index contributed by atoms with van der Waals surface area (Å²) in [4.78, 5) is 0.